The summed E-state index contributed by atoms with van der Waals surface area (Å²) in [6, 6.07) is 30.7. The SMILES string of the molecule is C(=C\c1nc(-c2ccccc2)c2ncn(Cc3ccccc3)c2n1)/c1ccccc1. The van der Waals surface area contributed by atoms with Crippen LogP contribution in [0.2, 0.25) is 0 Å². The lowest BCUT2D eigenvalue weighted by molar-refractivity contribution is 0.812. The molecular weight excluding hydrogens is 368 g/mol. The Bertz CT molecular complexity index is 1290. The van der Waals surface area contributed by atoms with Gasteiger partial charge in [-0.1, -0.05) is 97.1 Å². The van der Waals surface area contributed by atoms with Gasteiger partial charge in [-0.15, -0.1) is 0 Å². The van der Waals surface area contributed by atoms with Gasteiger partial charge in [0.1, 0.15) is 11.2 Å². The summed E-state index contributed by atoms with van der Waals surface area (Å²) in [5, 5.41) is 0. The van der Waals surface area contributed by atoms with Gasteiger partial charge in [0.25, 0.3) is 0 Å². The molecule has 0 aliphatic heterocycles. The fourth-order valence-electron chi connectivity index (χ4n) is 3.46. The second-order valence-corrected chi connectivity index (χ2v) is 7.07. The highest BCUT2D eigenvalue weighted by molar-refractivity contribution is 5.88. The lowest BCUT2D eigenvalue weighted by atomic mass is 10.1. The van der Waals surface area contributed by atoms with E-state index in [1.165, 1.54) is 5.56 Å². The second-order valence-electron chi connectivity index (χ2n) is 7.07. The molecule has 0 unspecified atom stereocenters. The molecule has 0 bridgehead atoms. The van der Waals surface area contributed by atoms with E-state index < -0.39 is 0 Å². The molecule has 0 aliphatic rings. The van der Waals surface area contributed by atoms with Crippen LogP contribution in [0.1, 0.15) is 17.0 Å². The van der Waals surface area contributed by atoms with E-state index in [1.54, 1.807) is 0 Å². The van der Waals surface area contributed by atoms with Gasteiger partial charge in [0, 0.05) is 5.56 Å². The first-order valence-electron chi connectivity index (χ1n) is 9.92. The molecule has 4 nitrogen and oxygen atoms in total. The maximum atomic E-state index is 4.84. The van der Waals surface area contributed by atoms with Crippen molar-refractivity contribution in [3.8, 4) is 11.3 Å². The number of nitrogens with zero attached hydrogens (tertiary/aromatic N) is 4. The summed E-state index contributed by atoms with van der Waals surface area (Å²) < 4.78 is 2.08. The van der Waals surface area contributed by atoms with Crippen LogP contribution in [0.3, 0.4) is 0 Å². The average molecular weight is 388 g/mol. The molecule has 5 rings (SSSR count). The van der Waals surface area contributed by atoms with Crippen LogP contribution >= 0.6 is 0 Å². The number of benzene rings is 3. The van der Waals surface area contributed by atoms with E-state index in [-0.39, 0.29) is 0 Å². The number of hydrogen-bond donors (Lipinski definition) is 0. The fraction of sp³-hybridized carbons (Fsp3) is 0.0385. The van der Waals surface area contributed by atoms with Crippen LogP contribution in [0.5, 0.6) is 0 Å². The Hall–Kier alpha value is -4.05. The highest BCUT2D eigenvalue weighted by Crippen LogP contribution is 2.26. The Morgan fingerprint density at radius 3 is 2.10 bits per heavy atom. The van der Waals surface area contributed by atoms with Gasteiger partial charge in [-0.25, -0.2) is 15.0 Å². The summed E-state index contributed by atoms with van der Waals surface area (Å²) in [7, 11) is 0. The Kier molecular flexibility index (Phi) is 4.88. The number of rotatable bonds is 5. The normalized spacial score (nSPS) is 11.3. The van der Waals surface area contributed by atoms with Gasteiger partial charge in [-0.3, -0.25) is 0 Å². The van der Waals surface area contributed by atoms with E-state index >= 15 is 0 Å². The molecule has 3 aromatic carbocycles. The molecule has 0 atom stereocenters. The van der Waals surface area contributed by atoms with Crippen molar-refractivity contribution in [2.24, 2.45) is 0 Å². The number of hydrogen-bond acceptors (Lipinski definition) is 3. The Morgan fingerprint density at radius 2 is 1.37 bits per heavy atom. The van der Waals surface area contributed by atoms with E-state index in [4.69, 9.17) is 9.97 Å². The van der Waals surface area contributed by atoms with Crippen molar-refractivity contribution in [2.45, 2.75) is 6.54 Å². The van der Waals surface area contributed by atoms with Crippen molar-refractivity contribution in [1.82, 2.24) is 19.5 Å². The minimum atomic E-state index is 0.667. The first-order chi connectivity index (χ1) is 14.9. The van der Waals surface area contributed by atoms with Crippen LogP contribution < -0.4 is 0 Å². The van der Waals surface area contributed by atoms with Crippen LogP contribution in [-0.4, -0.2) is 19.5 Å². The van der Waals surface area contributed by atoms with Crippen molar-refractivity contribution >= 4 is 23.3 Å². The number of fused-ring (bicyclic) bond motifs is 1. The summed E-state index contributed by atoms with van der Waals surface area (Å²) in [5.74, 6) is 0.667. The third-order valence-electron chi connectivity index (χ3n) is 4.95. The standard InChI is InChI=1S/C26H20N4/c1-4-10-20(11-5-1)16-17-23-28-24(22-14-8-3-9-15-22)25-26(29-23)30(19-27-25)18-21-12-6-2-7-13-21/h1-17,19H,18H2/b17-16+. The van der Waals surface area contributed by atoms with Crippen LogP contribution in [0.15, 0.2) is 97.3 Å². The van der Waals surface area contributed by atoms with E-state index in [2.05, 4.69) is 45.9 Å². The van der Waals surface area contributed by atoms with Crippen LogP contribution in [-0.2, 0) is 6.54 Å². The summed E-state index contributed by atoms with van der Waals surface area (Å²) in [5.41, 5.74) is 5.84. The van der Waals surface area contributed by atoms with Crippen molar-refractivity contribution in [3.63, 3.8) is 0 Å². The van der Waals surface area contributed by atoms with Crippen molar-refractivity contribution in [1.29, 1.82) is 0 Å². The molecule has 144 valence electrons. The fourth-order valence-corrected chi connectivity index (χ4v) is 3.46. The van der Waals surface area contributed by atoms with Crippen molar-refractivity contribution in [3.05, 3.63) is 114 Å². The average Bonchev–Trinajstić information content (AvgIpc) is 3.22. The smallest absolute Gasteiger partial charge is 0.164 e. The minimum absolute atomic E-state index is 0.667. The zero-order chi connectivity index (χ0) is 20.2. The van der Waals surface area contributed by atoms with Gasteiger partial charge in [0.15, 0.2) is 11.5 Å². The largest absolute Gasteiger partial charge is 0.311 e. The quantitative estimate of drug-likeness (QED) is 0.387. The summed E-state index contributed by atoms with van der Waals surface area (Å²) in [4.78, 5) is 14.3. The van der Waals surface area contributed by atoms with Crippen LogP contribution in [0.25, 0.3) is 34.6 Å². The van der Waals surface area contributed by atoms with Gasteiger partial charge in [-0.05, 0) is 17.2 Å². The lowest BCUT2D eigenvalue weighted by Gasteiger charge is -2.07. The van der Waals surface area contributed by atoms with Gasteiger partial charge < -0.3 is 4.57 Å². The Morgan fingerprint density at radius 1 is 0.700 bits per heavy atom. The molecule has 0 N–H and O–H groups in total. The molecule has 0 spiro atoms. The summed E-state index contributed by atoms with van der Waals surface area (Å²) in [6.07, 6.45) is 5.85. The highest BCUT2D eigenvalue weighted by Gasteiger charge is 2.14. The van der Waals surface area contributed by atoms with Crippen LogP contribution in [0, 0.1) is 0 Å². The summed E-state index contributed by atoms with van der Waals surface area (Å²) >= 11 is 0. The Labute approximate surface area is 175 Å². The van der Waals surface area contributed by atoms with Gasteiger partial charge >= 0.3 is 0 Å². The molecule has 4 heteroatoms. The topological polar surface area (TPSA) is 43.6 Å². The van der Waals surface area contributed by atoms with E-state index in [0.29, 0.717) is 12.4 Å². The van der Waals surface area contributed by atoms with E-state index in [0.717, 1.165) is 28.0 Å². The molecular formula is C26H20N4. The lowest BCUT2D eigenvalue weighted by Crippen LogP contribution is -2.01. The number of aromatic nitrogens is 4. The van der Waals surface area contributed by atoms with Gasteiger partial charge in [0.2, 0.25) is 0 Å². The maximum absolute atomic E-state index is 4.84. The minimum Gasteiger partial charge on any atom is -0.311 e. The first kappa shape index (κ1) is 18.0. The molecule has 0 amide bonds. The predicted octanol–water partition coefficient (Wildman–Crippen LogP) is 5.71. The molecule has 2 heterocycles. The van der Waals surface area contributed by atoms with Gasteiger partial charge in [-0.2, -0.15) is 0 Å². The molecule has 0 radical (unpaired) electrons. The monoisotopic (exact) mass is 388 g/mol. The zero-order valence-corrected chi connectivity index (χ0v) is 16.4. The molecule has 0 saturated heterocycles. The molecule has 0 fully saturated rings. The highest BCUT2D eigenvalue weighted by atomic mass is 15.1. The molecule has 0 saturated carbocycles. The maximum Gasteiger partial charge on any atom is 0.164 e. The first-order valence-corrected chi connectivity index (χ1v) is 9.92. The number of imidazole rings is 1. The van der Waals surface area contributed by atoms with Crippen LogP contribution in [0.4, 0.5) is 0 Å². The molecule has 2 aromatic heterocycles. The molecule has 30 heavy (non-hydrogen) atoms. The van der Waals surface area contributed by atoms with Crippen molar-refractivity contribution in [2.75, 3.05) is 0 Å². The third kappa shape index (κ3) is 3.76. The summed E-state index contributed by atoms with van der Waals surface area (Å²) in [6.45, 7) is 0.713. The third-order valence-corrected chi connectivity index (χ3v) is 4.95. The van der Waals surface area contributed by atoms with E-state index in [1.807, 2.05) is 73.1 Å². The molecule has 0 aliphatic carbocycles. The second kappa shape index (κ2) is 8.13. The van der Waals surface area contributed by atoms with E-state index in [9.17, 15) is 0 Å². The van der Waals surface area contributed by atoms with Crippen molar-refractivity contribution < 1.29 is 0 Å². The zero-order valence-electron chi connectivity index (χ0n) is 16.4. The molecule has 5 aromatic rings. The van der Waals surface area contributed by atoms with Gasteiger partial charge in [0.05, 0.1) is 12.9 Å². The Balaban J connectivity index is 1.63. The predicted molar refractivity (Wildman–Crippen MR) is 122 cm³/mol.